The second-order valence-electron chi connectivity index (χ2n) is 4.94. The van der Waals surface area contributed by atoms with E-state index in [1.165, 1.54) is 5.56 Å². The van der Waals surface area contributed by atoms with Crippen LogP contribution in [0.3, 0.4) is 0 Å². The zero-order valence-corrected chi connectivity index (χ0v) is 12.8. The zero-order valence-electron chi connectivity index (χ0n) is 11.2. The van der Waals surface area contributed by atoms with Gasteiger partial charge in [-0.05, 0) is 58.6 Å². The molecule has 0 saturated carbocycles. The second kappa shape index (κ2) is 5.29. The molecule has 0 bridgehead atoms. The van der Waals surface area contributed by atoms with Gasteiger partial charge in [0.1, 0.15) is 0 Å². The van der Waals surface area contributed by atoms with E-state index >= 15 is 0 Å². The summed E-state index contributed by atoms with van der Waals surface area (Å²) in [6.07, 6.45) is 1.03. The number of rotatable bonds is 2. The van der Waals surface area contributed by atoms with Crippen molar-refractivity contribution >= 4 is 33.2 Å². The summed E-state index contributed by atoms with van der Waals surface area (Å²) in [5.74, 6) is -0.0900. The molecule has 0 atom stereocenters. The number of carbonyl (C=O) groups excluding carboxylic acids is 1. The summed E-state index contributed by atoms with van der Waals surface area (Å²) >= 11 is 3.50. The highest BCUT2D eigenvalue weighted by atomic mass is 79.9. The van der Waals surface area contributed by atoms with E-state index in [9.17, 15) is 4.79 Å². The number of fused-ring (bicyclic) bond motifs is 1. The molecule has 1 aliphatic rings. The summed E-state index contributed by atoms with van der Waals surface area (Å²) in [6, 6.07) is 11.6. The fraction of sp³-hybridized carbons (Fsp3) is 0.188. The van der Waals surface area contributed by atoms with Crippen molar-refractivity contribution in [3.63, 3.8) is 0 Å². The first-order valence-electron chi connectivity index (χ1n) is 6.58. The Morgan fingerprint density at radius 1 is 1.30 bits per heavy atom. The number of anilines is 2. The fourth-order valence-corrected chi connectivity index (χ4v) is 2.73. The Morgan fingerprint density at radius 3 is 3.00 bits per heavy atom. The van der Waals surface area contributed by atoms with Gasteiger partial charge in [0.15, 0.2) is 0 Å². The molecule has 0 radical (unpaired) electrons. The molecule has 0 spiro atoms. The van der Waals surface area contributed by atoms with Crippen LogP contribution in [0.25, 0.3) is 0 Å². The second-order valence-corrected chi connectivity index (χ2v) is 5.73. The van der Waals surface area contributed by atoms with Gasteiger partial charge < -0.3 is 10.6 Å². The van der Waals surface area contributed by atoms with Crippen molar-refractivity contribution in [2.45, 2.75) is 13.3 Å². The van der Waals surface area contributed by atoms with Crippen LogP contribution < -0.4 is 10.6 Å². The van der Waals surface area contributed by atoms with Crippen LogP contribution in [0.5, 0.6) is 0 Å². The minimum absolute atomic E-state index is 0.0900. The fourth-order valence-electron chi connectivity index (χ4n) is 2.37. The van der Waals surface area contributed by atoms with E-state index in [2.05, 4.69) is 26.6 Å². The average molecular weight is 331 g/mol. The third-order valence-electron chi connectivity index (χ3n) is 3.52. The minimum atomic E-state index is -0.0900. The lowest BCUT2D eigenvalue weighted by molar-refractivity contribution is 0.102. The Labute approximate surface area is 126 Å². The van der Waals surface area contributed by atoms with Crippen LogP contribution in [0.15, 0.2) is 40.9 Å². The van der Waals surface area contributed by atoms with Gasteiger partial charge in [-0.3, -0.25) is 4.79 Å². The molecule has 0 unspecified atom stereocenters. The normalized spacial score (nSPS) is 12.7. The standard InChI is InChI=1S/C16H15BrN2O/c1-10-3-2-4-13(15(10)17)19-16(20)12-6-5-11-7-8-18-14(11)9-12/h2-6,9,18H,7-8H2,1H3,(H,19,20). The molecule has 4 heteroatoms. The van der Waals surface area contributed by atoms with E-state index in [1.807, 2.05) is 43.3 Å². The monoisotopic (exact) mass is 330 g/mol. The number of amides is 1. The highest BCUT2D eigenvalue weighted by Crippen LogP contribution is 2.27. The lowest BCUT2D eigenvalue weighted by atomic mass is 10.1. The molecule has 2 aromatic rings. The number of hydrogen-bond donors (Lipinski definition) is 2. The van der Waals surface area contributed by atoms with E-state index in [-0.39, 0.29) is 5.91 Å². The van der Waals surface area contributed by atoms with E-state index in [1.54, 1.807) is 0 Å². The smallest absolute Gasteiger partial charge is 0.255 e. The third kappa shape index (κ3) is 2.43. The molecular formula is C16H15BrN2O. The molecule has 0 saturated heterocycles. The molecule has 20 heavy (non-hydrogen) atoms. The molecule has 0 aliphatic carbocycles. The van der Waals surface area contributed by atoms with Crippen molar-refractivity contribution < 1.29 is 4.79 Å². The van der Waals surface area contributed by atoms with Gasteiger partial charge in [0.25, 0.3) is 5.91 Å². The van der Waals surface area contributed by atoms with Gasteiger partial charge in [-0.15, -0.1) is 0 Å². The first kappa shape index (κ1) is 13.2. The largest absolute Gasteiger partial charge is 0.384 e. The number of nitrogens with one attached hydrogen (secondary N) is 2. The Morgan fingerprint density at radius 2 is 2.15 bits per heavy atom. The lowest BCUT2D eigenvalue weighted by Gasteiger charge is -2.10. The number of benzene rings is 2. The summed E-state index contributed by atoms with van der Waals surface area (Å²) in [4.78, 5) is 12.3. The van der Waals surface area contributed by atoms with Crippen molar-refractivity contribution in [3.05, 3.63) is 57.6 Å². The van der Waals surface area contributed by atoms with Crippen LogP contribution in [-0.4, -0.2) is 12.5 Å². The summed E-state index contributed by atoms with van der Waals surface area (Å²) in [7, 11) is 0. The van der Waals surface area contributed by atoms with Crippen molar-refractivity contribution in [3.8, 4) is 0 Å². The van der Waals surface area contributed by atoms with Gasteiger partial charge in [0, 0.05) is 22.3 Å². The predicted octanol–water partition coefficient (Wildman–Crippen LogP) is 3.98. The van der Waals surface area contributed by atoms with Gasteiger partial charge in [-0.2, -0.15) is 0 Å². The zero-order chi connectivity index (χ0) is 14.1. The summed E-state index contributed by atoms with van der Waals surface area (Å²) < 4.78 is 0.924. The first-order valence-corrected chi connectivity index (χ1v) is 7.38. The number of hydrogen-bond acceptors (Lipinski definition) is 2. The van der Waals surface area contributed by atoms with Crippen LogP contribution in [0, 0.1) is 6.92 Å². The molecule has 2 N–H and O–H groups in total. The summed E-state index contributed by atoms with van der Waals surface area (Å²) in [5.41, 5.74) is 4.91. The van der Waals surface area contributed by atoms with Gasteiger partial charge in [0.2, 0.25) is 0 Å². The molecule has 0 fully saturated rings. The average Bonchev–Trinajstić information content (AvgIpc) is 2.91. The van der Waals surface area contributed by atoms with Crippen molar-refractivity contribution in [1.82, 2.24) is 0 Å². The quantitative estimate of drug-likeness (QED) is 0.874. The SMILES string of the molecule is Cc1cccc(NC(=O)c2ccc3c(c2)NCC3)c1Br. The predicted molar refractivity (Wildman–Crippen MR) is 85.5 cm³/mol. The Kier molecular flexibility index (Phi) is 3.49. The maximum Gasteiger partial charge on any atom is 0.255 e. The third-order valence-corrected chi connectivity index (χ3v) is 4.57. The van der Waals surface area contributed by atoms with Crippen LogP contribution in [0.4, 0.5) is 11.4 Å². The molecule has 1 aliphatic heterocycles. The van der Waals surface area contributed by atoms with E-state index in [4.69, 9.17) is 0 Å². The molecule has 1 amide bonds. The Hall–Kier alpha value is -1.81. The van der Waals surface area contributed by atoms with E-state index < -0.39 is 0 Å². The number of aryl methyl sites for hydroxylation is 1. The Bertz CT molecular complexity index is 682. The van der Waals surface area contributed by atoms with Crippen molar-refractivity contribution in [2.24, 2.45) is 0 Å². The molecular weight excluding hydrogens is 316 g/mol. The highest BCUT2D eigenvalue weighted by Gasteiger charge is 2.14. The van der Waals surface area contributed by atoms with Crippen LogP contribution >= 0.6 is 15.9 Å². The summed E-state index contributed by atoms with van der Waals surface area (Å²) in [6.45, 7) is 2.95. The molecule has 0 aromatic heterocycles. The van der Waals surface area contributed by atoms with Crippen LogP contribution in [0.2, 0.25) is 0 Å². The van der Waals surface area contributed by atoms with E-state index in [0.29, 0.717) is 5.56 Å². The van der Waals surface area contributed by atoms with Crippen LogP contribution in [0.1, 0.15) is 21.5 Å². The summed E-state index contributed by atoms with van der Waals surface area (Å²) in [5, 5.41) is 6.24. The van der Waals surface area contributed by atoms with Gasteiger partial charge in [-0.25, -0.2) is 0 Å². The molecule has 1 heterocycles. The highest BCUT2D eigenvalue weighted by molar-refractivity contribution is 9.10. The van der Waals surface area contributed by atoms with Crippen LogP contribution in [-0.2, 0) is 6.42 Å². The molecule has 102 valence electrons. The maximum atomic E-state index is 12.3. The van der Waals surface area contributed by atoms with Gasteiger partial charge in [-0.1, -0.05) is 18.2 Å². The van der Waals surface area contributed by atoms with E-state index in [0.717, 1.165) is 34.4 Å². The topological polar surface area (TPSA) is 41.1 Å². The Balaban J connectivity index is 1.84. The minimum Gasteiger partial charge on any atom is -0.384 e. The molecule has 3 nitrogen and oxygen atoms in total. The van der Waals surface area contributed by atoms with Crippen molar-refractivity contribution in [1.29, 1.82) is 0 Å². The number of carbonyl (C=O) groups is 1. The van der Waals surface area contributed by atoms with Gasteiger partial charge >= 0.3 is 0 Å². The lowest BCUT2D eigenvalue weighted by Crippen LogP contribution is -2.12. The molecule has 2 aromatic carbocycles. The first-order chi connectivity index (χ1) is 9.65. The maximum absolute atomic E-state index is 12.3. The van der Waals surface area contributed by atoms with Crippen molar-refractivity contribution in [2.75, 3.05) is 17.2 Å². The van der Waals surface area contributed by atoms with Gasteiger partial charge in [0.05, 0.1) is 5.69 Å². The number of halogens is 1. The molecule has 3 rings (SSSR count).